The summed E-state index contributed by atoms with van der Waals surface area (Å²) in [4.78, 5) is 10.6. The van der Waals surface area contributed by atoms with Crippen LogP contribution < -0.4 is 5.32 Å². The lowest BCUT2D eigenvalue weighted by Gasteiger charge is -2.04. The summed E-state index contributed by atoms with van der Waals surface area (Å²) in [7, 11) is 0. The van der Waals surface area contributed by atoms with E-state index in [0.29, 0.717) is 12.0 Å². The summed E-state index contributed by atoms with van der Waals surface area (Å²) in [6.45, 7) is 0.756. The zero-order chi connectivity index (χ0) is 9.42. The minimum absolute atomic E-state index is 0.0255. The quantitative estimate of drug-likeness (QED) is 0.602. The minimum Gasteiger partial charge on any atom is -0.507 e. The number of aromatic carboxylic acids is 1. The molecule has 0 amide bonds. The van der Waals surface area contributed by atoms with Crippen LogP contribution in [-0.2, 0) is 6.42 Å². The van der Waals surface area contributed by atoms with Crippen molar-refractivity contribution in [3.63, 3.8) is 0 Å². The van der Waals surface area contributed by atoms with Gasteiger partial charge in [0.1, 0.15) is 11.3 Å². The highest BCUT2D eigenvalue weighted by atomic mass is 16.4. The fourth-order valence-electron chi connectivity index (χ4n) is 1.55. The van der Waals surface area contributed by atoms with Crippen LogP contribution in [0.1, 0.15) is 15.9 Å². The van der Waals surface area contributed by atoms with Crippen LogP contribution in [0.15, 0.2) is 12.1 Å². The molecule has 4 heteroatoms. The molecule has 0 unspecified atom stereocenters. The molecule has 0 bridgehead atoms. The summed E-state index contributed by atoms with van der Waals surface area (Å²) in [5.74, 6) is -1.19. The molecule has 0 aromatic heterocycles. The first-order valence-corrected chi connectivity index (χ1v) is 4.02. The second-order valence-electron chi connectivity index (χ2n) is 2.97. The predicted octanol–water partition coefficient (Wildman–Crippen LogP) is 1.06. The molecule has 1 aliphatic heterocycles. The van der Waals surface area contributed by atoms with Gasteiger partial charge in [-0.05, 0) is 18.6 Å². The van der Waals surface area contributed by atoms with Crippen molar-refractivity contribution >= 4 is 11.7 Å². The molecular formula is C9H9NO3. The smallest absolute Gasteiger partial charge is 0.339 e. The van der Waals surface area contributed by atoms with Crippen LogP contribution >= 0.6 is 0 Å². The number of carboxylic acid groups (broad SMARTS) is 1. The number of carboxylic acids is 1. The Bertz CT molecular complexity index is 373. The van der Waals surface area contributed by atoms with Gasteiger partial charge in [0.15, 0.2) is 0 Å². The fraction of sp³-hybridized carbons (Fsp3) is 0.222. The summed E-state index contributed by atoms with van der Waals surface area (Å²) in [6.07, 6.45) is 0.683. The maximum absolute atomic E-state index is 10.6. The SMILES string of the molecule is O=C(O)c1ccc2c(c1O)CCN2. The molecule has 0 atom stereocenters. The molecule has 3 N–H and O–H groups in total. The summed E-state index contributed by atoms with van der Waals surface area (Å²) >= 11 is 0. The van der Waals surface area contributed by atoms with Crippen LogP contribution in [-0.4, -0.2) is 22.7 Å². The van der Waals surface area contributed by atoms with E-state index in [2.05, 4.69) is 5.32 Å². The molecule has 4 nitrogen and oxygen atoms in total. The molecule has 0 spiro atoms. The maximum Gasteiger partial charge on any atom is 0.339 e. The standard InChI is InChI=1S/C9H9NO3/c11-8-5-3-4-10-7(5)2-1-6(8)9(12)13/h1-2,10-11H,3-4H2,(H,12,13). The Balaban J connectivity index is 2.59. The Kier molecular flexibility index (Phi) is 1.62. The second kappa shape index (κ2) is 2.65. The third-order valence-electron chi connectivity index (χ3n) is 2.20. The van der Waals surface area contributed by atoms with Crippen LogP contribution in [0.25, 0.3) is 0 Å². The van der Waals surface area contributed by atoms with E-state index in [1.165, 1.54) is 6.07 Å². The van der Waals surface area contributed by atoms with E-state index < -0.39 is 5.97 Å². The lowest BCUT2D eigenvalue weighted by Crippen LogP contribution is -1.98. The van der Waals surface area contributed by atoms with E-state index in [0.717, 1.165) is 12.2 Å². The van der Waals surface area contributed by atoms with Crippen LogP contribution in [0.3, 0.4) is 0 Å². The number of carbonyl (C=O) groups is 1. The molecule has 0 saturated heterocycles. The van der Waals surface area contributed by atoms with Gasteiger partial charge in [-0.25, -0.2) is 4.79 Å². The van der Waals surface area contributed by atoms with Crippen LogP contribution in [0.4, 0.5) is 5.69 Å². The zero-order valence-corrected chi connectivity index (χ0v) is 6.87. The molecule has 0 fully saturated rings. The van der Waals surface area contributed by atoms with Gasteiger partial charge < -0.3 is 15.5 Å². The van der Waals surface area contributed by atoms with Gasteiger partial charge in [-0.1, -0.05) is 0 Å². The monoisotopic (exact) mass is 179 g/mol. The average molecular weight is 179 g/mol. The van der Waals surface area contributed by atoms with Gasteiger partial charge >= 0.3 is 5.97 Å². The number of phenols is 1. The zero-order valence-electron chi connectivity index (χ0n) is 6.87. The first kappa shape index (κ1) is 7.91. The Hall–Kier alpha value is -1.71. The molecule has 1 aromatic rings. The largest absolute Gasteiger partial charge is 0.507 e. The van der Waals surface area contributed by atoms with Gasteiger partial charge in [0.05, 0.1) is 0 Å². The number of aromatic hydroxyl groups is 1. The predicted molar refractivity (Wildman–Crippen MR) is 47.3 cm³/mol. The van der Waals surface area contributed by atoms with Crippen molar-refractivity contribution < 1.29 is 15.0 Å². The van der Waals surface area contributed by atoms with Crippen LogP contribution in [0, 0.1) is 0 Å². The molecule has 13 heavy (non-hydrogen) atoms. The van der Waals surface area contributed by atoms with Crippen molar-refractivity contribution in [3.8, 4) is 5.75 Å². The lowest BCUT2D eigenvalue weighted by molar-refractivity contribution is 0.0693. The maximum atomic E-state index is 10.6. The Morgan fingerprint density at radius 3 is 2.92 bits per heavy atom. The highest BCUT2D eigenvalue weighted by molar-refractivity contribution is 5.92. The van der Waals surface area contributed by atoms with Gasteiger partial charge in [0.2, 0.25) is 0 Å². The van der Waals surface area contributed by atoms with Crippen molar-refractivity contribution in [1.82, 2.24) is 0 Å². The summed E-state index contributed by atoms with van der Waals surface area (Å²) in [5.41, 5.74) is 1.52. The molecule has 1 heterocycles. The van der Waals surface area contributed by atoms with Gasteiger partial charge in [0.25, 0.3) is 0 Å². The van der Waals surface area contributed by atoms with Crippen LogP contribution in [0.5, 0.6) is 5.75 Å². The molecule has 0 radical (unpaired) electrons. The molecule has 1 aromatic carbocycles. The van der Waals surface area contributed by atoms with Gasteiger partial charge in [-0.2, -0.15) is 0 Å². The number of rotatable bonds is 1. The normalized spacial score (nSPS) is 13.5. The molecule has 1 aliphatic rings. The third-order valence-corrected chi connectivity index (χ3v) is 2.20. The number of nitrogens with one attached hydrogen (secondary N) is 1. The van der Waals surface area contributed by atoms with E-state index >= 15 is 0 Å². The fourth-order valence-corrected chi connectivity index (χ4v) is 1.55. The Morgan fingerprint density at radius 2 is 2.23 bits per heavy atom. The topological polar surface area (TPSA) is 69.6 Å². The van der Waals surface area contributed by atoms with Crippen molar-refractivity contribution in [1.29, 1.82) is 0 Å². The molecule has 2 rings (SSSR count). The Morgan fingerprint density at radius 1 is 1.46 bits per heavy atom. The van der Waals surface area contributed by atoms with E-state index in [9.17, 15) is 9.90 Å². The first-order valence-electron chi connectivity index (χ1n) is 4.02. The van der Waals surface area contributed by atoms with Crippen molar-refractivity contribution in [2.45, 2.75) is 6.42 Å². The summed E-state index contributed by atoms with van der Waals surface area (Å²) in [5, 5.41) is 21.3. The second-order valence-corrected chi connectivity index (χ2v) is 2.97. The van der Waals surface area contributed by atoms with Crippen molar-refractivity contribution in [2.75, 3.05) is 11.9 Å². The van der Waals surface area contributed by atoms with E-state index in [1.807, 2.05) is 0 Å². The minimum atomic E-state index is -1.09. The van der Waals surface area contributed by atoms with Crippen molar-refractivity contribution in [3.05, 3.63) is 23.3 Å². The number of fused-ring (bicyclic) bond motifs is 1. The van der Waals surface area contributed by atoms with E-state index in [4.69, 9.17) is 5.11 Å². The number of anilines is 1. The summed E-state index contributed by atoms with van der Waals surface area (Å²) in [6, 6.07) is 3.10. The number of benzene rings is 1. The van der Waals surface area contributed by atoms with E-state index in [-0.39, 0.29) is 11.3 Å². The third kappa shape index (κ3) is 1.11. The van der Waals surface area contributed by atoms with Gasteiger partial charge in [-0.15, -0.1) is 0 Å². The number of hydrogen-bond acceptors (Lipinski definition) is 3. The highest BCUT2D eigenvalue weighted by Gasteiger charge is 2.19. The molecule has 0 saturated carbocycles. The molecule has 0 aliphatic carbocycles. The first-order chi connectivity index (χ1) is 6.20. The van der Waals surface area contributed by atoms with Gasteiger partial charge in [-0.3, -0.25) is 0 Å². The molecule has 68 valence electrons. The number of hydrogen-bond donors (Lipinski definition) is 3. The van der Waals surface area contributed by atoms with Crippen LogP contribution in [0.2, 0.25) is 0 Å². The average Bonchev–Trinajstić information content (AvgIpc) is 2.52. The van der Waals surface area contributed by atoms with Gasteiger partial charge in [0, 0.05) is 17.8 Å². The van der Waals surface area contributed by atoms with Crippen molar-refractivity contribution in [2.24, 2.45) is 0 Å². The molecular weight excluding hydrogens is 170 g/mol. The Labute approximate surface area is 74.8 Å². The highest BCUT2D eigenvalue weighted by Crippen LogP contribution is 2.33. The van der Waals surface area contributed by atoms with E-state index in [1.54, 1.807) is 6.07 Å². The summed E-state index contributed by atoms with van der Waals surface area (Å²) < 4.78 is 0. The lowest BCUT2D eigenvalue weighted by atomic mass is 10.1.